The first-order chi connectivity index (χ1) is 15.6. The number of fused-ring (bicyclic) bond motifs is 1. The van der Waals surface area contributed by atoms with E-state index < -0.39 is 0 Å². The van der Waals surface area contributed by atoms with Crippen molar-refractivity contribution in [3.05, 3.63) is 66.4 Å². The van der Waals surface area contributed by atoms with Gasteiger partial charge in [-0.3, -0.25) is 4.79 Å². The molecule has 0 saturated carbocycles. The summed E-state index contributed by atoms with van der Waals surface area (Å²) in [6.07, 6.45) is 2.45. The summed E-state index contributed by atoms with van der Waals surface area (Å²) in [6.45, 7) is 1.57. The van der Waals surface area contributed by atoms with Crippen LogP contribution in [-0.4, -0.2) is 53.2 Å². The lowest BCUT2D eigenvalue weighted by Gasteiger charge is -2.11. The molecule has 0 fully saturated rings. The predicted molar refractivity (Wildman–Crippen MR) is 128 cm³/mol. The van der Waals surface area contributed by atoms with Crippen molar-refractivity contribution < 1.29 is 14.6 Å². The van der Waals surface area contributed by atoms with Crippen LogP contribution in [0.1, 0.15) is 10.4 Å². The lowest BCUT2D eigenvalue weighted by atomic mass is 10.1. The molecule has 166 valence electrons. The quantitative estimate of drug-likeness (QED) is 0.194. The fourth-order valence-corrected chi connectivity index (χ4v) is 3.13. The normalized spacial score (nSPS) is 10.3. The molecular formula is C23H25N5O3S. The van der Waals surface area contributed by atoms with Gasteiger partial charge >= 0.3 is 0 Å². The Bertz CT molecular complexity index is 1200. The molecule has 0 bridgehead atoms. The number of aldehydes is 1. The second kappa shape index (κ2) is 11.2. The predicted octanol–water partition coefficient (Wildman–Crippen LogP) is 3.53. The van der Waals surface area contributed by atoms with Gasteiger partial charge in [0.1, 0.15) is 23.6 Å². The molecule has 0 spiro atoms. The minimum Gasteiger partial charge on any atom is -0.507 e. The van der Waals surface area contributed by atoms with Gasteiger partial charge < -0.3 is 20.5 Å². The van der Waals surface area contributed by atoms with E-state index in [1.165, 1.54) is 0 Å². The Morgan fingerprint density at radius 2 is 1.97 bits per heavy atom. The van der Waals surface area contributed by atoms with Gasteiger partial charge in [0.15, 0.2) is 5.65 Å². The van der Waals surface area contributed by atoms with Gasteiger partial charge in [-0.1, -0.05) is 24.3 Å². The topological polar surface area (TPSA) is 101 Å². The van der Waals surface area contributed by atoms with E-state index in [9.17, 15) is 9.90 Å². The molecule has 0 aliphatic rings. The second-order valence-electron chi connectivity index (χ2n) is 6.73. The smallest absolute Gasteiger partial charge is 0.171 e. The highest BCUT2D eigenvalue weighted by atomic mass is 32.1. The largest absolute Gasteiger partial charge is 0.507 e. The molecule has 2 heterocycles. The number of phenolic OH excluding ortho intramolecular Hbond substituents is 1. The molecule has 0 amide bonds. The maximum absolute atomic E-state index is 10.2. The fourth-order valence-electron chi connectivity index (χ4n) is 2.94. The van der Waals surface area contributed by atoms with Gasteiger partial charge in [0, 0.05) is 30.3 Å². The highest BCUT2D eigenvalue weighted by molar-refractivity contribution is 7.80. The number of hydrogen-bond donors (Lipinski definition) is 4. The number of aromatic nitrogens is 3. The van der Waals surface area contributed by atoms with Crippen LogP contribution in [0.4, 0.5) is 5.82 Å². The molecule has 9 heteroatoms. The number of likely N-dealkylation sites (N-methyl/N-ethyl adjacent to an activating group) is 1. The molecule has 4 aromatic rings. The Morgan fingerprint density at radius 1 is 1.16 bits per heavy atom. The summed E-state index contributed by atoms with van der Waals surface area (Å²) in [5.74, 6) is 1.71. The van der Waals surface area contributed by atoms with Crippen LogP contribution in [0.15, 0.2) is 65.7 Å². The van der Waals surface area contributed by atoms with Gasteiger partial charge in [-0.2, -0.15) is 9.61 Å². The molecule has 4 rings (SSSR count). The maximum atomic E-state index is 10.2. The second-order valence-corrected chi connectivity index (χ2v) is 7.22. The molecule has 0 aliphatic carbocycles. The van der Waals surface area contributed by atoms with Crippen LogP contribution in [-0.2, 0) is 0 Å². The van der Waals surface area contributed by atoms with Crippen molar-refractivity contribution in [3.63, 3.8) is 0 Å². The van der Waals surface area contributed by atoms with Crippen LogP contribution < -0.4 is 15.4 Å². The third-order valence-electron chi connectivity index (χ3n) is 4.54. The van der Waals surface area contributed by atoms with Crippen molar-refractivity contribution in [2.24, 2.45) is 0 Å². The van der Waals surface area contributed by atoms with E-state index in [-0.39, 0.29) is 5.75 Å². The highest BCUT2D eigenvalue weighted by Gasteiger charge is 2.12. The van der Waals surface area contributed by atoms with Crippen molar-refractivity contribution in [3.8, 4) is 22.8 Å². The van der Waals surface area contributed by atoms with Crippen molar-refractivity contribution in [2.45, 2.75) is 4.90 Å². The standard InChI is InChI=1S/C15H17N5OS.C8H8O2/c1-16-6-7-17-14-8-11(10-4-2-3-5-12(10)21)19-15-13(22)9-18-20(14)15;1-10-8-4-2-3-7(5-8)6-9/h2-5,8-9,16-17,21-22H,6-7H2,1H3;2-6H,1H3. The van der Waals surface area contributed by atoms with Crippen molar-refractivity contribution in [2.75, 3.05) is 32.6 Å². The van der Waals surface area contributed by atoms with Gasteiger partial charge in [-0.25, -0.2) is 4.98 Å². The molecular weight excluding hydrogens is 426 g/mol. The Hall–Kier alpha value is -3.56. The SMILES string of the molecule is CNCCNc1cc(-c2ccccc2O)nc2c(S)cnn12.COc1cccc(C=O)c1. The average molecular weight is 452 g/mol. The first-order valence-electron chi connectivity index (χ1n) is 9.91. The first kappa shape index (κ1) is 23.1. The van der Waals surface area contributed by atoms with Gasteiger partial charge in [-0.15, -0.1) is 12.6 Å². The number of ether oxygens (including phenoxy) is 1. The molecule has 0 atom stereocenters. The molecule has 8 nitrogen and oxygen atoms in total. The summed E-state index contributed by atoms with van der Waals surface area (Å²) < 4.78 is 6.61. The number of aromatic hydroxyl groups is 1. The van der Waals surface area contributed by atoms with Crippen molar-refractivity contribution >= 4 is 30.4 Å². The molecule has 2 aromatic carbocycles. The van der Waals surface area contributed by atoms with Crippen LogP contribution >= 0.6 is 12.6 Å². The van der Waals surface area contributed by atoms with Crippen LogP contribution in [0.5, 0.6) is 11.5 Å². The summed E-state index contributed by atoms with van der Waals surface area (Å²) in [4.78, 5) is 15.5. The number of rotatable bonds is 7. The van der Waals surface area contributed by atoms with Gasteiger partial charge in [0.05, 0.1) is 23.9 Å². The summed E-state index contributed by atoms with van der Waals surface area (Å²) in [5.41, 5.74) is 2.64. The maximum Gasteiger partial charge on any atom is 0.171 e. The zero-order valence-electron chi connectivity index (χ0n) is 17.8. The minimum atomic E-state index is 0.195. The third kappa shape index (κ3) is 5.57. The number of hydrogen-bond acceptors (Lipinski definition) is 8. The van der Waals surface area contributed by atoms with Crippen LogP contribution in [0.3, 0.4) is 0 Å². The number of methoxy groups -OCH3 is 1. The molecule has 0 aliphatic heterocycles. The number of para-hydroxylation sites is 1. The minimum absolute atomic E-state index is 0.195. The molecule has 0 radical (unpaired) electrons. The van der Waals surface area contributed by atoms with Crippen molar-refractivity contribution in [1.29, 1.82) is 0 Å². The summed E-state index contributed by atoms with van der Waals surface area (Å²) in [6, 6.07) is 16.0. The number of benzene rings is 2. The van der Waals surface area contributed by atoms with Crippen LogP contribution in [0.25, 0.3) is 16.9 Å². The monoisotopic (exact) mass is 451 g/mol. The Balaban J connectivity index is 0.000000243. The Morgan fingerprint density at radius 3 is 2.69 bits per heavy atom. The van der Waals surface area contributed by atoms with Crippen LogP contribution in [0.2, 0.25) is 0 Å². The van der Waals surface area contributed by atoms with E-state index in [0.717, 1.165) is 25.2 Å². The van der Waals surface area contributed by atoms with E-state index in [0.29, 0.717) is 33.1 Å². The highest BCUT2D eigenvalue weighted by Crippen LogP contribution is 2.30. The van der Waals surface area contributed by atoms with E-state index >= 15 is 0 Å². The number of anilines is 1. The third-order valence-corrected chi connectivity index (χ3v) is 4.86. The van der Waals surface area contributed by atoms with Crippen LogP contribution in [0, 0.1) is 0 Å². The summed E-state index contributed by atoms with van der Waals surface area (Å²) in [7, 11) is 3.47. The average Bonchev–Trinajstić information content (AvgIpc) is 3.20. The molecule has 0 unspecified atom stereocenters. The zero-order valence-corrected chi connectivity index (χ0v) is 18.7. The van der Waals surface area contributed by atoms with E-state index in [1.54, 1.807) is 54.2 Å². The Labute approximate surface area is 191 Å². The zero-order chi connectivity index (χ0) is 22.9. The number of nitrogens with zero attached hydrogens (tertiary/aromatic N) is 3. The number of thiol groups is 1. The van der Waals surface area contributed by atoms with E-state index in [2.05, 4.69) is 33.3 Å². The number of nitrogens with one attached hydrogen (secondary N) is 2. The van der Waals surface area contributed by atoms with E-state index in [4.69, 9.17) is 4.74 Å². The lowest BCUT2D eigenvalue weighted by molar-refractivity contribution is 0.112. The first-order valence-corrected chi connectivity index (χ1v) is 10.4. The van der Waals surface area contributed by atoms with Crippen molar-refractivity contribution in [1.82, 2.24) is 19.9 Å². The van der Waals surface area contributed by atoms with Gasteiger partial charge in [0.25, 0.3) is 0 Å². The lowest BCUT2D eigenvalue weighted by Crippen LogP contribution is -2.19. The molecule has 32 heavy (non-hydrogen) atoms. The summed E-state index contributed by atoms with van der Waals surface area (Å²) >= 11 is 4.40. The van der Waals surface area contributed by atoms with E-state index in [1.807, 2.05) is 25.2 Å². The molecule has 0 saturated heterocycles. The summed E-state index contributed by atoms with van der Waals surface area (Å²) in [5, 5.41) is 20.7. The Kier molecular flexibility index (Phi) is 8.07. The number of carbonyl (C=O) groups is 1. The van der Waals surface area contributed by atoms with Gasteiger partial charge in [-0.05, 0) is 31.3 Å². The molecule has 3 N–H and O–H groups in total. The number of phenols is 1. The molecule has 2 aromatic heterocycles. The number of carbonyl (C=O) groups excluding carboxylic acids is 1. The van der Waals surface area contributed by atoms with Gasteiger partial charge in [0.2, 0.25) is 0 Å². The fraction of sp³-hybridized carbons (Fsp3) is 0.174.